The largest absolute Gasteiger partial charge is 0.507 e. The fraction of sp³-hybridized carbons (Fsp3) is 0.481. The highest BCUT2D eigenvalue weighted by atomic mass is 31.2. The van der Waals surface area contributed by atoms with Gasteiger partial charge < -0.3 is 20.1 Å². The van der Waals surface area contributed by atoms with Gasteiger partial charge in [-0.2, -0.15) is 0 Å². The lowest BCUT2D eigenvalue weighted by molar-refractivity contribution is -0.146. The van der Waals surface area contributed by atoms with Crippen molar-refractivity contribution < 1.29 is 28.9 Å². The average molecular weight is 504 g/mol. The number of carbonyl (C=O) groups excluding carboxylic acids is 2. The molecule has 2 unspecified atom stereocenters. The first-order valence-electron chi connectivity index (χ1n) is 12.0. The molecule has 35 heavy (non-hydrogen) atoms. The number of ether oxygens (including phenoxy) is 1. The summed E-state index contributed by atoms with van der Waals surface area (Å²) in [4.78, 5) is 35.2. The number of aromatic hydroxyl groups is 1. The molecule has 0 bridgehead atoms. The molecule has 2 atom stereocenters. The highest BCUT2D eigenvalue weighted by molar-refractivity contribution is 7.56. The van der Waals surface area contributed by atoms with E-state index in [0.29, 0.717) is 19.3 Å². The van der Waals surface area contributed by atoms with Gasteiger partial charge in [-0.15, -0.1) is 0 Å². The molecular weight excluding hydrogens is 465 g/mol. The van der Waals surface area contributed by atoms with Crippen molar-refractivity contribution in [3.63, 3.8) is 0 Å². The Kier molecular flexibility index (Phi) is 10.1. The molecular formula is C27H38NO6P. The molecule has 1 amide bonds. The number of phenolic OH excluding ortho intramolecular Hbond substituents is 1. The number of esters is 1. The van der Waals surface area contributed by atoms with Gasteiger partial charge in [0, 0.05) is 12.8 Å². The van der Waals surface area contributed by atoms with Crippen LogP contribution in [0.15, 0.2) is 30.3 Å². The number of rotatable bonds is 11. The van der Waals surface area contributed by atoms with Gasteiger partial charge in [0.1, 0.15) is 11.8 Å². The maximum Gasteiger partial charge on any atom is 0.328 e. The number of phenols is 1. The molecule has 0 saturated heterocycles. The minimum Gasteiger partial charge on any atom is -0.507 e. The molecule has 2 aromatic rings. The molecule has 0 aliphatic heterocycles. The third-order valence-corrected chi connectivity index (χ3v) is 6.62. The van der Waals surface area contributed by atoms with E-state index < -0.39 is 25.3 Å². The van der Waals surface area contributed by atoms with E-state index in [-0.39, 0.29) is 30.0 Å². The zero-order valence-electron chi connectivity index (χ0n) is 21.6. The molecule has 0 aliphatic rings. The number of aryl methyl sites for hydroxylation is 2. The van der Waals surface area contributed by atoms with Gasteiger partial charge in [0.2, 0.25) is 7.37 Å². The fourth-order valence-corrected chi connectivity index (χ4v) is 4.96. The van der Waals surface area contributed by atoms with Crippen LogP contribution in [0.3, 0.4) is 0 Å². The molecule has 2 aromatic carbocycles. The van der Waals surface area contributed by atoms with Crippen LogP contribution in [0.4, 0.5) is 0 Å². The molecule has 192 valence electrons. The number of hydrogen-bond donors (Lipinski definition) is 3. The molecule has 0 saturated carbocycles. The molecule has 0 radical (unpaired) electrons. The van der Waals surface area contributed by atoms with Crippen molar-refractivity contribution >= 4 is 19.2 Å². The topological polar surface area (TPSA) is 113 Å². The van der Waals surface area contributed by atoms with Crippen molar-refractivity contribution in [2.45, 2.75) is 66.1 Å². The van der Waals surface area contributed by atoms with E-state index in [9.17, 15) is 24.2 Å². The Morgan fingerprint density at radius 2 is 1.71 bits per heavy atom. The first-order chi connectivity index (χ1) is 16.3. The molecule has 7 nitrogen and oxygen atoms in total. The summed E-state index contributed by atoms with van der Waals surface area (Å²) in [6.45, 7) is 11.4. The maximum atomic E-state index is 13.0. The molecule has 2 rings (SSSR count). The van der Waals surface area contributed by atoms with Gasteiger partial charge in [-0.3, -0.25) is 9.36 Å². The van der Waals surface area contributed by atoms with Crippen molar-refractivity contribution in [3.05, 3.63) is 63.7 Å². The lowest BCUT2D eigenvalue weighted by atomic mass is 9.93. The summed E-state index contributed by atoms with van der Waals surface area (Å²) >= 11 is 0. The van der Waals surface area contributed by atoms with Gasteiger partial charge in [0.05, 0.1) is 12.2 Å². The molecule has 0 aromatic heterocycles. The second-order valence-corrected chi connectivity index (χ2v) is 12.2. The Morgan fingerprint density at radius 1 is 1.09 bits per heavy atom. The Morgan fingerprint density at radius 3 is 2.26 bits per heavy atom. The predicted molar refractivity (Wildman–Crippen MR) is 138 cm³/mol. The Labute approximate surface area is 208 Å². The zero-order valence-corrected chi connectivity index (χ0v) is 22.4. The van der Waals surface area contributed by atoms with E-state index in [1.807, 2.05) is 46.8 Å². The molecule has 0 heterocycles. The number of amides is 1. The van der Waals surface area contributed by atoms with Gasteiger partial charge >= 0.3 is 5.97 Å². The summed E-state index contributed by atoms with van der Waals surface area (Å²) in [6, 6.07) is 7.91. The van der Waals surface area contributed by atoms with Crippen molar-refractivity contribution in [3.8, 4) is 5.75 Å². The normalized spacial score (nSPS) is 13.8. The van der Waals surface area contributed by atoms with Crippen molar-refractivity contribution in [2.75, 3.05) is 13.3 Å². The Hall–Kier alpha value is -2.63. The van der Waals surface area contributed by atoms with Crippen LogP contribution in [-0.2, 0) is 26.7 Å². The molecule has 8 heteroatoms. The Bertz CT molecular complexity index is 1080. The minimum absolute atomic E-state index is 0.0960. The predicted octanol–water partition coefficient (Wildman–Crippen LogP) is 5.10. The third kappa shape index (κ3) is 8.83. The van der Waals surface area contributed by atoms with E-state index in [0.717, 1.165) is 27.8 Å². The number of hydrogen-bond acceptors (Lipinski definition) is 5. The molecule has 3 N–H and O–H groups in total. The van der Waals surface area contributed by atoms with E-state index >= 15 is 0 Å². The SMILES string of the molecule is CCCOC(=O)C(CC(C)C)NC(=O)c1cc(Cc2c(C)cc(CP(C)(=O)O)cc2C)ccc1O. The van der Waals surface area contributed by atoms with E-state index in [4.69, 9.17) is 4.74 Å². The standard InChI is InChI=1S/C27H38NO6P/c1-7-10-34-27(31)24(11-17(2)3)28-26(30)23-15-20(8-9-25(23)29)14-22-18(4)12-21(13-19(22)5)16-35(6,32)33/h8-9,12-13,15,17,24,29H,7,10-11,14,16H2,1-6H3,(H,28,30)(H,32,33). The lowest BCUT2D eigenvalue weighted by Crippen LogP contribution is -2.42. The first kappa shape index (κ1) is 28.6. The van der Waals surface area contributed by atoms with Gasteiger partial charge in [-0.05, 0) is 79.0 Å². The smallest absolute Gasteiger partial charge is 0.328 e. The van der Waals surface area contributed by atoms with Crippen LogP contribution in [0.25, 0.3) is 0 Å². The quantitative estimate of drug-likeness (QED) is 0.291. The van der Waals surface area contributed by atoms with Gasteiger partial charge in [-0.25, -0.2) is 4.79 Å². The van der Waals surface area contributed by atoms with Gasteiger partial charge in [-0.1, -0.05) is 39.0 Å². The molecule has 0 aliphatic carbocycles. The fourth-order valence-electron chi connectivity index (χ4n) is 4.10. The number of nitrogens with one attached hydrogen (secondary N) is 1. The van der Waals surface area contributed by atoms with Crippen LogP contribution in [0.5, 0.6) is 5.75 Å². The van der Waals surface area contributed by atoms with Gasteiger partial charge in [0.15, 0.2) is 0 Å². The second-order valence-electron chi connectivity index (χ2n) is 9.77. The first-order valence-corrected chi connectivity index (χ1v) is 14.3. The van der Waals surface area contributed by atoms with E-state index in [1.54, 1.807) is 12.1 Å². The lowest BCUT2D eigenvalue weighted by Gasteiger charge is -2.20. The average Bonchev–Trinajstić information content (AvgIpc) is 2.73. The summed E-state index contributed by atoms with van der Waals surface area (Å²) in [6.07, 6.45) is 1.76. The number of carbonyl (C=O) groups is 2. The van der Waals surface area contributed by atoms with Crippen LogP contribution >= 0.6 is 7.37 Å². The van der Waals surface area contributed by atoms with Crippen LogP contribution < -0.4 is 5.32 Å². The van der Waals surface area contributed by atoms with Crippen LogP contribution in [-0.4, -0.2) is 41.2 Å². The summed E-state index contributed by atoms with van der Waals surface area (Å²) in [5, 5.41) is 13.1. The highest BCUT2D eigenvalue weighted by Gasteiger charge is 2.25. The molecule has 0 spiro atoms. The monoisotopic (exact) mass is 503 g/mol. The second kappa shape index (κ2) is 12.4. The van der Waals surface area contributed by atoms with E-state index in [1.165, 1.54) is 12.7 Å². The van der Waals surface area contributed by atoms with Crippen molar-refractivity contribution in [1.82, 2.24) is 5.32 Å². The summed E-state index contributed by atoms with van der Waals surface area (Å²) in [5.41, 5.74) is 4.76. The Balaban J connectivity index is 2.27. The van der Waals surface area contributed by atoms with Crippen molar-refractivity contribution in [1.29, 1.82) is 0 Å². The number of benzene rings is 2. The zero-order chi connectivity index (χ0) is 26.3. The highest BCUT2D eigenvalue weighted by Crippen LogP contribution is 2.40. The molecule has 0 fully saturated rings. The summed E-state index contributed by atoms with van der Waals surface area (Å²) in [5.74, 6) is -1.01. The van der Waals surface area contributed by atoms with E-state index in [2.05, 4.69) is 5.32 Å². The maximum absolute atomic E-state index is 13.0. The third-order valence-electron chi connectivity index (χ3n) is 5.66. The summed E-state index contributed by atoms with van der Waals surface area (Å²) in [7, 11) is -3.17. The van der Waals surface area contributed by atoms with Crippen molar-refractivity contribution in [2.24, 2.45) is 5.92 Å². The minimum atomic E-state index is -3.17. The summed E-state index contributed by atoms with van der Waals surface area (Å²) < 4.78 is 17.1. The van der Waals surface area contributed by atoms with Crippen LogP contribution in [0, 0.1) is 19.8 Å². The van der Waals surface area contributed by atoms with Crippen LogP contribution in [0.2, 0.25) is 0 Å². The van der Waals surface area contributed by atoms with Crippen LogP contribution in [0.1, 0.15) is 71.8 Å². The van der Waals surface area contributed by atoms with Gasteiger partial charge in [0.25, 0.3) is 5.91 Å².